The number of benzene rings is 4. The molecule has 0 unspecified atom stereocenters. The number of likely N-dealkylation sites (tertiary alicyclic amines) is 1. The van der Waals surface area contributed by atoms with Crippen molar-refractivity contribution in [2.24, 2.45) is 0 Å². The third kappa shape index (κ3) is 9.61. The Kier molecular flexibility index (Phi) is 11.7. The van der Waals surface area contributed by atoms with Gasteiger partial charge in [0.1, 0.15) is 11.9 Å². The summed E-state index contributed by atoms with van der Waals surface area (Å²) >= 11 is 0. The molecule has 0 saturated carbocycles. The van der Waals surface area contributed by atoms with Crippen LogP contribution in [0, 0.1) is 0 Å². The first kappa shape index (κ1) is 35.3. The van der Waals surface area contributed by atoms with Crippen molar-refractivity contribution in [3.63, 3.8) is 0 Å². The number of hydrogen-bond donors (Lipinski definition) is 6. The summed E-state index contributed by atoms with van der Waals surface area (Å²) < 4.78 is 5.74. The Morgan fingerprint density at radius 3 is 2.41 bits per heavy atom. The van der Waals surface area contributed by atoms with E-state index in [2.05, 4.69) is 25.8 Å². The summed E-state index contributed by atoms with van der Waals surface area (Å²) in [5, 5.41) is 30.6. The van der Waals surface area contributed by atoms with Crippen LogP contribution in [-0.2, 0) is 16.0 Å². The summed E-state index contributed by atoms with van der Waals surface area (Å²) in [6, 6.07) is 31.4. The zero-order valence-electron chi connectivity index (χ0n) is 28.3. The largest absolute Gasteiger partial charge is 0.506 e. The summed E-state index contributed by atoms with van der Waals surface area (Å²) in [4.78, 5) is 41.9. The van der Waals surface area contributed by atoms with E-state index < -0.39 is 12.2 Å². The molecule has 4 aromatic carbocycles. The number of aliphatic hydroxyl groups excluding tert-OH is 1. The van der Waals surface area contributed by atoms with E-state index >= 15 is 0 Å². The van der Waals surface area contributed by atoms with E-state index in [1.165, 1.54) is 12.1 Å². The Labute approximate surface area is 296 Å². The van der Waals surface area contributed by atoms with Crippen molar-refractivity contribution >= 4 is 34.3 Å². The highest BCUT2D eigenvalue weighted by Crippen LogP contribution is 2.29. The van der Waals surface area contributed by atoms with E-state index in [0.717, 1.165) is 41.9 Å². The van der Waals surface area contributed by atoms with E-state index in [1.54, 1.807) is 12.1 Å². The van der Waals surface area contributed by atoms with Crippen LogP contribution in [0.15, 0.2) is 108 Å². The first-order valence-electron chi connectivity index (χ1n) is 17.3. The van der Waals surface area contributed by atoms with Gasteiger partial charge in [0.2, 0.25) is 11.5 Å². The lowest BCUT2D eigenvalue weighted by Crippen LogP contribution is -2.39. The molecule has 6 N–H and O–H groups in total. The van der Waals surface area contributed by atoms with Gasteiger partial charge in [-0.15, -0.1) is 0 Å². The number of piperidine rings is 1. The molecular formula is C40H43N5O6. The van der Waals surface area contributed by atoms with Crippen LogP contribution in [-0.4, -0.2) is 70.9 Å². The van der Waals surface area contributed by atoms with Crippen LogP contribution >= 0.6 is 0 Å². The van der Waals surface area contributed by atoms with Crippen molar-refractivity contribution in [2.75, 3.05) is 43.4 Å². The number of ether oxygens (including phenoxy) is 1. The highest BCUT2D eigenvalue weighted by atomic mass is 16.6. The van der Waals surface area contributed by atoms with Gasteiger partial charge >= 0.3 is 6.09 Å². The van der Waals surface area contributed by atoms with Crippen LogP contribution in [0.1, 0.15) is 36.5 Å². The number of fused-ring (bicyclic) bond motifs is 1. The molecule has 264 valence electrons. The minimum atomic E-state index is -0.822. The second-order valence-electron chi connectivity index (χ2n) is 12.7. The van der Waals surface area contributed by atoms with Crippen LogP contribution < -0.4 is 21.5 Å². The van der Waals surface area contributed by atoms with Crippen molar-refractivity contribution < 1.29 is 24.5 Å². The smallest absolute Gasteiger partial charge is 0.411 e. The number of phenols is 1. The predicted octanol–water partition coefficient (Wildman–Crippen LogP) is 5.81. The average Bonchev–Trinajstić information content (AvgIpc) is 3.14. The fourth-order valence-electron chi connectivity index (χ4n) is 6.37. The minimum Gasteiger partial charge on any atom is -0.506 e. The van der Waals surface area contributed by atoms with Gasteiger partial charge in [0.05, 0.1) is 17.3 Å². The molecule has 11 nitrogen and oxygen atoms in total. The molecule has 1 aliphatic rings. The minimum absolute atomic E-state index is 0.0427. The lowest BCUT2D eigenvalue weighted by molar-refractivity contribution is -0.116. The quantitative estimate of drug-likeness (QED) is 0.0847. The maximum absolute atomic E-state index is 12.7. The molecule has 1 saturated heterocycles. The van der Waals surface area contributed by atoms with Crippen molar-refractivity contribution in [2.45, 2.75) is 37.9 Å². The maximum Gasteiger partial charge on any atom is 0.411 e. The lowest BCUT2D eigenvalue weighted by atomic mass is 10.0. The number of nitrogens with one attached hydrogen (secondary N) is 4. The zero-order valence-corrected chi connectivity index (χ0v) is 28.3. The molecule has 1 aromatic heterocycles. The number of amides is 2. The molecule has 6 rings (SSSR count). The Morgan fingerprint density at radius 2 is 1.63 bits per heavy atom. The number of pyridine rings is 1. The number of aromatic amines is 1. The standard InChI is InChI=1S/C40H43N5O6/c46-35-16-14-32(33-15-17-37(48)44-39(33)35)36(47)26-41-22-18-27-10-12-29(13-11-27)42-38(49)21-25-45-23-19-30(20-24-45)51-40(50)43-34-9-5-4-8-31(34)28-6-2-1-3-7-28/h1-17,30,36,41,46-47H,18-26H2,(H,42,49)(H,43,50)(H,44,48)/t36-/m1/s1. The second-order valence-corrected chi connectivity index (χ2v) is 12.7. The van der Waals surface area contributed by atoms with Crippen molar-refractivity contribution in [1.29, 1.82) is 0 Å². The van der Waals surface area contributed by atoms with Gasteiger partial charge in [0, 0.05) is 55.3 Å². The molecule has 51 heavy (non-hydrogen) atoms. The topological polar surface area (TPSA) is 156 Å². The summed E-state index contributed by atoms with van der Waals surface area (Å²) in [5.41, 5.74) is 5.08. The van der Waals surface area contributed by atoms with Crippen LogP contribution in [0.2, 0.25) is 0 Å². The monoisotopic (exact) mass is 689 g/mol. The first-order valence-corrected chi connectivity index (χ1v) is 17.3. The van der Waals surface area contributed by atoms with Crippen LogP contribution in [0.25, 0.3) is 22.0 Å². The van der Waals surface area contributed by atoms with Crippen molar-refractivity contribution in [3.05, 3.63) is 125 Å². The number of carbonyl (C=O) groups is 2. The molecule has 1 atom stereocenters. The first-order chi connectivity index (χ1) is 24.8. The highest BCUT2D eigenvalue weighted by molar-refractivity contribution is 5.92. The number of rotatable bonds is 13. The molecular weight excluding hydrogens is 646 g/mol. The number of nitrogens with zero attached hydrogens (tertiary/aromatic N) is 1. The van der Waals surface area contributed by atoms with Crippen LogP contribution in [0.4, 0.5) is 16.2 Å². The molecule has 11 heteroatoms. The number of para-hydroxylation sites is 1. The Morgan fingerprint density at radius 1 is 0.882 bits per heavy atom. The Bertz CT molecular complexity index is 1990. The molecule has 5 aromatic rings. The number of anilines is 2. The average molecular weight is 690 g/mol. The predicted molar refractivity (Wildman–Crippen MR) is 199 cm³/mol. The summed E-state index contributed by atoms with van der Waals surface area (Å²) in [6.45, 7) is 3.06. The summed E-state index contributed by atoms with van der Waals surface area (Å²) in [6.07, 6.45) is 1.05. The van der Waals surface area contributed by atoms with Gasteiger partial charge in [0.25, 0.3) is 0 Å². The number of aliphatic hydroxyl groups is 1. The second kappa shape index (κ2) is 16.9. The molecule has 0 radical (unpaired) electrons. The van der Waals surface area contributed by atoms with Crippen molar-refractivity contribution in [3.8, 4) is 16.9 Å². The molecule has 0 spiro atoms. The van der Waals surface area contributed by atoms with Gasteiger partial charge in [-0.2, -0.15) is 0 Å². The summed E-state index contributed by atoms with van der Waals surface area (Å²) in [5.74, 6) is -0.0992. The maximum atomic E-state index is 12.7. The third-order valence-electron chi connectivity index (χ3n) is 9.14. The van der Waals surface area contributed by atoms with E-state index in [1.807, 2.05) is 78.9 Å². The molecule has 0 bridgehead atoms. The molecule has 2 amide bonds. The SMILES string of the molecule is O=C(CCN1CCC(OC(=O)Nc2ccccc2-c2ccccc2)CC1)Nc1ccc(CCNC[C@@H](O)c2ccc(O)c3[nH]c(=O)ccc23)cc1. The number of H-pyrrole nitrogens is 1. The van der Waals surface area contributed by atoms with Gasteiger partial charge in [-0.05, 0) is 72.8 Å². The van der Waals surface area contributed by atoms with Crippen molar-refractivity contribution in [1.82, 2.24) is 15.2 Å². The van der Waals surface area contributed by atoms with Gasteiger partial charge in [-0.3, -0.25) is 14.9 Å². The number of aromatic hydroxyl groups is 1. The Hall–Kier alpha value is -5.49. The molecule has 1 fully saturated rings. The van der Waals surface area contributed by atoms with E-state index in [9.17, 15) is 24.6 Å². The van der Waals surface area contributed by atoms with Crippen LogP contribution in [0.3, 0.4) is 0 Å². The fourth-order valence-corrected chi connectivity index (χ4v) is 6.37. The number of hydrogen-bond acceptors (Lipinski definition) is 8. The summed E-state index contributed by atoms with van der Waals surface area (Å²) in [7, 11) is 0. The highest BCUT2D eigenvalue weighted by Gasteiger charge is 2.23. The normalized spacial score (nSPS) is 14.2. The van der Waals surface area contributed by atoms with Gasteiger partial charge in [-0.25, -0.2) is 4.79 Å². The third-order valence-corrected chi connectivity index (χ3v) is 9.14. The number of carbonyl (C=O) groups excluding carboxylic acids is 2. The number of phenolic OH excluding ortho intramolecular Hbond substituents is 1. The molecule has 2 heterocycles. The number of aromatic nitrogens is 1. The molecule has 0 aliphatic carbocycles. The lowest BCUT2D eigenvalue weighted by Gasteiger charge is -2.31. The van der Waals surface area contributed by atoms with Gasteiger partial charge in [0.15, 0.2) is 0 Å². The van der Waals surface area contributed by atoms with E-state index in [4.69, 9.17) is 4.74 Å². The Balaban J connectivity index is 0.867. The van der Waals surface area contributed by atoms with Gasteiger partial charge in [-0.1, -0.05) is 66.7 Å². The van der Waals surface area contributed by atoms with E-state index in [0.29, 0.717) is 61.1 Å². The van der Waals surface area contributed by atoms with Crippen LogP contribution in [0.5, 0.6) is 5.75 Å². The fraction of sp³-hybridized carbons (Fsp3) is 0.275. The molecule has 1 aliphatic heterocycles. The van der Waals surface area contributed by atoms with E-state index in [-0.39, 0.29) is 23.3 Å². The van der Waals surface area contributed by atoms with Gasteiger partial charge < -0.3 is 35.5 Å². The zero-order chi connectivity index (χ0) is 35.6.